The van der Waals surface area contributed by atoms with E-state index in [-0.39, 0.29) is 18.3 Å². The van der Waals surface area contributed by atoms with E-state index in [9.17, 15) is 9.18 Å². The van der Waals surface area contributed by atoms with Gasteiger partial charge in [0.05, 0.1) is 11.5 Å². The molecule has 0 unspecified atom stereocenters. The van der Waals surface area contributed by atoms with Crippen molar-refractivity contribution in [1.29, 1.82) is 0 Å². The summed E-state index contributed by atoms with van der Waals surface area (Å²) < 4.78 is 20.5. The summed E-state index contributed by atoms with van der Waals surface area (Å²) in [6.45, 7) is 4.33. The lowest BCUT2D eigenvalue weighted by molar-refractivity contribution is 0.0639. The smallest absolute Gasteiger partial charge is 0.264 e. The van der Waals surface area contributed by atoms with Gasteiger partial charge in [0.2, 0.25) is 0 Å². The van der Waals surface area contributed by atoms with Crippen LogP contribution in [0.15, 0.2) is 48.5 Å². The molecule has 1 amide bonds. The van der Waals surface area contributed by atoms with E-state index in [2.05, 4.69) is 29.2 Å². The molecule has 1 aromatic heterocycles. The number of nitrogens with zero attached hydrogens (tertiary/aromatic N) is 2. The van der Waals surface area contributed by atoms with Crippen LogP contribution in [-0.4, -0.2) is 55.5 Å². The summed E-state index contributed by atoms with van der Waals surface area (Å²) in [6, 6.07) is 15.5. The molecule has 1 aliphatic rings. The molecule has 0 bridgehead atoms. The predicted octanol–water partition coefficient (Wildman–Crippen LogP) is 4.19. The van der Waals surface area contributed by atoms with Gasteiger partial charge in [0.1, 0.15) is 5.82 Å². The lowest BCUT2D eigenvalue weighted by Crippen LogP contribution is -2.49. The third-order valence-corrected chi connectivity index (χ3v) is 6.65. The van der Waals surface area contributed by atoms with Crippen LogP contribution in [0.25, 0.3) is 10.1 Å². The number of thiophene rings is 1. The fourth-order valence-corrected chi connectivity index (χ4v) is 5.06. The van der Waals surface area contributed by atoms with Crippen molar-refractivity contribution in [3.63, 3.8) is 0 Å². The number of hydrogen-bond acceptors (Lipinski definition) is 4. The highest BCUT2D eigenvalue weighted by Gasteiger charge is 2.27. The van der Waals surface area contributed by atoms with Gasteiger partial charge < -0.3 is 9.64 Å². The molecular weight excluding hydrogens is 387 g/mol. The molecule has 6 heteroatoms. The Morgan fingerprint density at radius 3 is 2.55 bits per heavy atom. The molecule has 152 valence electrons. The van der Waals surface area contributed by atoms with Crippen LogP contribution in [-0.2, 0) is 17.8 Å². The average molecular weight is 413 g/mol. The first-order valence-electron chi connectivity index (χ1n) is 9.91. The zero-order valence-corrected chi connectivity index (χ0v) is 17.4. The predicted molar refractivity (Wildman–Crippen MR) is 115 cm³/mol. The van der Waals surface area contributed by atoms with Crippen LogP contribution in [0.2, 0.25) is 0 Å². The van der Waals surface area contributed by atoms with Crippen LogP contribution in [0.3, 0.4) is 0 Å². The number of amides is 1. The molecule has 0 saturated carbocycles. The van der Waals surface area contributed by atoms with Gasteiger partial charge in [0, 0.05) is 55.5 Å². The molecule has 0 radical (unpaired) electrons. The Bertz CT molecular complexity index is 981. The molecule has 0 N–H and O–H groups in total. The molecule has 3 aromatic rings. The van der Waals surface area contributed by atoms with Crippen LogP contribution in [0.5, 0.6) is 0 Å². The van der Waals surface area contributed by atoms with Gasteiger partial charge in [0.25, 0.3) is 5.91 Å². The van der Waals surface area contributed by atoms with Crippen LogP contribution < -0.4 is 0 Å². The highest BCUT2D eigenvalue weighted by molar-refractivity contribution is 7.21. The Morgan fingerprint density at radius 1 is 1.07 bits per heavy atom. The molecule has 0 atom stereocenters. The third-order valence-electron chi connectivity index (χ3n) is 5.47. The van der Waals surface area contributed by atoms with Crippen LogP contribution in [0.1, 0.15) is 20.8 Å². The SMILES string of the molecule is COCc1c(C(=O)N2CCN(CCc3ccccc3)CC2)sc2cccc(F)c12. The van der Waals surface area contributed by atoms with Crippen LogP contribution in [0.4, 0.5) is 4.39 Å². The van der Waals surface area contributed by atoms with Crippen molar-refractivity contribution in [2.24, 2.45) is 0 Å². The molecule has 1 fully saturated rings. The lowest BCUT2D eigenvalue weighted by Gasteiger charge is -2.34. The number of hydrogen-bond donors (Lipinski definition) is 0. The Balaban J connectivity index is 1.43. The molecule has 2 heterocycles. The Hall–Kier alpha value is -2.28. The van der Waals surface area contributed by atoms with E-state index in [1.165, 1.54) is 23.0 Å². The fraction of sp³-hybridized carbons (Fsp3) is 0.348. The van der Waals surface area contributed by atoms with Gasteiger partial charge in [0.15, 0.2) is 0 Å². The molecule has 0 spiro atoms. The second-order valence-electron chi connectivity index (χ2n) is 7.33. The monoisotopic (exact) mass is 412 g/mol. The molecule has 2 aromatic carbocycles. The minimum Gasteiger partial charge on any atom is -0.380 e. The van der Waals surface area contributed by atoms with Crippen LogP contribution in [0, 0.1) is 5.82 Å². The number of fused-ring (bicyclic) bond motifs is 1. The molecule has 4 rings (SSSR count). The van der Waals surface area contributed by atoms with Crippen molar-refractivity contribution < 1.29 is 13.9 Å². The van der Waals surface area contributed by atoms with Crippen molar-refractivity contribution >= 4 is 27.3 Å². The second-order valence-corrected chi connectivity index (χ2v) is 8.38. The summed E-state index contributed by atoms with van der Waals surface area (Å²) in [5.74, 6) is -0.309. The number of methoxy groups -OCH3 is 1. The molecule has 1 saturated heterocycles. The summed E-state index contributed by atoms with van der Waals surface area (Å²) in [5.41, 5.74) is 2.00. The number of piperazine rings is 1. The van der Waals surface area contributed by atoms with E-state index in [1.807, 2.05) is 17.0 Å². The van der Waals surface area contributed by atoms with Gasteiger partial charge in [-0.05, 0) is 24.1 Å². The first kappa shape index (κ1) is 20.0. The number of benzene rings is 2. The van der Waals surface area contributed by atoms with Gasteiger partial charge in [-0.25, -0.2) is 4.39 Å². The number of halogens is 1. The first-order valence-corrected chi connectivity index (χ1v) is 10.7. The normalized spacial score (nSPS) is 15.2. The summed E-state index contributed by atoms with van der Waals surface area (Å²) in [6.07, 6.45) is 1.02. The molecule has 1 aliphatic heterocycles. The largest absolute Gasteiger partial charge is 0.380 e. The summed E-state index contributed by atoms with van der Waals surface area (Å²) in [7, 11) is 1.57. The van der Waals surface area contributed by atoms with Gasteiger partial charge in [-0.1, -0.05) is 36.4 Å². The third kappa shape index (κ3) is 4.34. The van der Waals surface area contributed by atoms with E-state index >= 15 is 0 Å². The van der Waals surface area contributed by atoms with E-state index in [0.717, 1.165) is 30.8 Å². The minimum atomic E-state index is -0.296. The average Bonchev–Trinajstić information content (AvgIpc) is 3.13. The van der Waals surface area contributed by atoms with Crippen molar-refractivity contribution in [3.8, 4) is 0 Å². The zero-order chi connectivity index (χ0) is 20.2. The first-order chi connectivity index (χ1) is 14.2. The fourth-order valence-electron chi connectivity index (χ4n) is 3.87. The van der Waals surface area contributed by atoms with E-state index in [4.69, 9.17) is 4.74 Å². The maximum atomic E-state index is 14.4. The van der Waals surface area contributed by atoms with E-state index < -0.39 is 0 Å². The minimum absolute atomic E-state index is 0.0136. The quantitative estimate of drug-likeness (QED) is 0.609. The highest BCUT2D eigenvalue weighted by atomic mass is 32.1. The summed E-state index contributed by atoms with van der Waals surface area (Å²) in [5, 5.41) is 0.518. The van der Waals surface area contributed by atoms with Gasteiger partial charge in [-0.3, -0.25) is 9.69 Å². The lowest BCUT2D eigenvalue weighted by atomic mass is 10.1. The van der Waals surface area contributed by atoms with Crippen molar-refractivity contribution in [1.82, 2.24) is 9.80 Å². The van der Waals surface area contributed by atoms with Crippen molar-refractivity contribution in [2.75, 3.05) is 39.8 Å². The summed E-state index contributed by atoms with van der Waals surface area (Å²) in [4.78, 5) is 18.1. The summed E-state index contributed by atoms with van der Waals surface area (Å²) >= 11 is 1.36. The Kier molecular flexibility index (Phi) is 6.23. The standard InChI is InChI=1S/C23H25FN2O2S/c1-28-16-18-21-19(24)8-5-9-20(21)29-22(18)23(27)26-14-12-25(13-15-26)11-10-17-6-3-2-4-7-17/h2-9H,10-16H2,1H3. The molecular formula is C23H25FN2O2S. The zero-order valence-electron chi connectivity index (χ0n) is 16.6. The number of carbonyl (C=O) groups is 1. The van der Waals surface area contributed by atoms with Crippen molar-refractivity contribution in [2.45, 2.75) is 13.0 Å². The topological polar surface area (TPSA) is 32.8 Å². The Morgan fingerprint density at radius 2 is 1.83 bits per heavy atom. The number of carbonyl (C=O) groups excluding carboxylic acids is 1. The van der Waals surface area contributed by atoms with Gasteiger partial charge >= 0.3 is 0 Å². The molecule has 4 nitrogen and oxygen atoms in total. The second kappa shape index (κ2) is 9.03. The van der Waals surface area contributed by atoms with E-state index in [0.29, 0.717) is 28.9 Å². The van der Waals surface area contributed by atoms with Crippen LogP contribution >= 0.6 is 11.3 Å². The Labute approximate surface area is 174 Å². The molecule has 29 heavy (non-hydrogen) atoms. The highest BCUT2D eigenvalue weighted by Crippen LogP contribution is 2.34. The number of ether oxygens (including phenoxy) is 1. The number of rotatable bonds is 6. The maximum Gasteiger partial charge on any atom is 0.264 e. The van der Waals surface area contributed by atoms with E-state index in [1.54, 1.807) is 13.2 Å². The molecule has 0 aliphatic carbocycles. The van der Waals surface area contributed by atoms with Gasteiger partial charge in [-0.15, -0.1) is 11.3 Å². The van der Waals surface area contributed by atoms with Gasteiger partial charge in [-0.2, -0.15) is 0 Å². The maximum absolute atomic E-state index is 14.4. The van der Waals surface area contributed by atoms with Crippen molar-refractivity contribution in [3.05, 3.63) is 70.4 Å².